The van der Waals surface area contributed by atoms with Crippen LogP contribution in [0.15, 0.2) is 24.3 Å². The van der Waals surface area contributed by atoms with Crippen molar-refractivity contribution in [2.75, 3.05) is 13.1 Å². The average molecular weight is 391 g/mol. The molecule has 0 bridgehead atoms. The van der Waals surface area contributed by atoms with E-state index in [1.165, 1.54) is 11.3 Å². The molecule has 3 aromatic rings. The van der Waals surface area contributed by atoms with E-state index in [9.17, 15) is 4.79 Å². The molecule has 0 unspecified atom stereocenters. The number of hydrogen-bond acceptors (Lipinski definition) is 5. The van der Waals surface area contributed by atoms with Crippen molar-refractivity contribution in [3.05, 3.63) is 45.7 Å². The van der Waals surface area contributed by atoms with Gasteiger partial charge >= 0.3 is 0 Å². The Bertz CT molecular complexity index is 942. The number of imidazole rings is 1. The molecule has 6 nitrogen and oxygen atoms in total. The van der Waals surface area contributed by atoms with Gasteiger partial charge in [-0.1, -0.05) is 22.9 Å². The summed E-state index contributed by atoms with van der Waals surface area (Å²) in [7, 11) is 0. The highest BCUT2D eigenvalue weighted by Gasteiger charge is 2.28. The summed E-state index contributed by atoms with van der Waals surface area (Å²) in [6, 6.07) is 7.38. The van der Waals surface area contributed by atoms with Crippen molar-refractivity contribution in [1.82, 2.24) is 19.5 Å². The first-order valence-corrected chi connectivity index (χ1v) is 9.75. The molecular weight excluding hydrogens is 372 g/mol. The van der Waals surface area contributed by atoms with Crippen LogP contribution in [-0.4, -0.2) is 44.6 Å². The first-order valence-electron chi connectivity index (χ1n) is 8.55. The zero-order chi connectivity index (χ0) is 18.3. The number of halogens is 1. The van der Waals surface area contributed by atoms with E-state index >= 15 is 0 Å². The molecular formula is C18H19ClN4O2S. The summed E-state index contributed by atoms with van der Waals surface area (Å²) in [5, 5.41) is 6.01. The molecule has 1 amide bonds. The maximum Gasteiger partial charge on any atom is 0.274 e. The minimum atomic E-state index is -0.00903. The molecule has 1 aliphatic heterocycles. The smallest absolute Gasteiger partial charge is 0.274 e. The number of amides is 1. The number of carbonyl (C=O) groups is 1. The molecule has 2 aromatic heterocycles. The lowest BCUT2D eigenvalue weighted by Gasteiger charge is -2.32. The predicted molar refractivity (Wildman–Crippen MR) is 101 cm³/mol. The third kappa shape index (κ3) is 3.29. The van der Waals surface area contributed by atoms with Crippen LogP contribution in [0.2, 0.25) is 5.02 Å². The number of nitrogens with zero attached hydrogens (tertiary/aromatic N) is 4. The third-order valence-electron chi connectivity index (χ3n) is 4.53. The van der Waals surface area contributed by atoms with Crippen molar-refractivity contribution in [1.29, 1.82) is 0 Å². The second-order valence-electron chi connectivity index (χ2n) is 6.42. The van der Waals surface area contributed by atoms with Crippen molar-refractivity contribution in [2.45, 2.75) is 32.8 Å². The van der Waals surface area contributed by atoms with Gasteiger partial charge in [-0.3, -0.25) is 4.79 Å². The Balaban J connectivity index is 1.43. The molecule has 3 heterocycles. The normalized spacial score (nSPS) is 15.6. The molecule has 1 fully saturated rings. The van der Waals surface area contributed by atoms with Crippen LogP contribution >= 0.6 is 22.9 Å². The Hall–Kier alpha value is -2.12. The Morgan fingerprint density at radius 3 is 2.62 bits per heavy atom. The Morgan fingerprint density at radius 1 is 1.23 bits per heavy atom. The zero-order valence-electron chi connectivity index (χ0n) is 14.6. The van der Waals surface area contributed by atoms with Crippen molar-refractivity contribution in [3.8, 4) is 5.75 Å². The predicted octanol–water partition coefficient (Wildman–Crippen LogP) is 3.74. The molecule has 0 spiro atoms. The minimum absolute atomic E-state index is 0.00903. The Kier molecular flexibility index (Phi) is 4.58. The molecule has 0 radical (unpaired) electrons. The summed E-state index contributed by atoms with van der Waals surface area (Å²) in [5.41, 5.74) is 1.30. The monoisotopic (exact) mass is 390 g/mol. The average Bonchev–Trinajstić information content (AvgIpc) is 3.11. The quantitative estimate of drug-likeness (QED) is 0.683. The number of likely N-dealkylation sites (tertiary alicyclic amines) is 1. The topological polar surface area (TPSA) is 59.7 Å². The Morgan fingerprint density at radius 2 is 1.92 bits per heavy atom. The molecule has 4 rings (SSSR count). The summed E-state index contributed by atoms with van der Waals surface area (Å²) < 4.78 is 7.68. The number of ether oxygens (including phenoxy) is 1. The number of fused-ring (bicyclic) bond motifs is 1. The van der Waals surface area contributed by atoms with Gasteiger partial charge in [-0.25, -0.2) is 4.98 Å². The van der Waals surface area contributed by atoms with Gasteiger partial charge in [-0.2, -0.15) is 9.61 Å². The van der Waals surface area contributed by atoms with Gasteiger partial charge in [0.05, 0.1) is 5.69 Å². The number of rotatable bonds is 3. The fraction of sp³-hybridized carbons (Fsp3) is 0.389. The summed E-state index contributed by atoms with van der Waals surface area (Å²) in [4.78, 5) is 20.1. The number of piperidine rings is 1. The third-order valence-corrected chi connectivity index (χ3v) is 5.60. The largest absolute Gasteiger partial charge is 0.490 e. The van der Waals surface area contributed by atoms with E-state index in [2.05, 4.69) is 10.1 Å². The number of hydrogen-bond donors (Lipinski definition) is 0. The van der Waals surface area contributed by atoms with Gasteiger partial charge in [0, 0.05) is 31.0 Å². The SMILES string of the molecule is Cc1nn2c(C(=O)N3CCC(Oc4ccc(Cl)cc4)CC3)c(C)nc2s1. The molecule has 26 heavy (non-hydrogen) atoms. The van der Waals surface area contributed by atoms with E-state index in [1.807, 2.05) is 43.0 Å². The second-order valence-corrected chi connectivity index (χ2v) is 8.02. The standard InChI is InChI=1S/C18H19ClN4O2S/c1-11-16(23-18(20-11)26-12(2)21-23)17(24)22-9-7-15(8-10-22)25-14-5-3-13(19)4-6-14/h3-6,15H,7-10H2,1-2H3. The van der Waals surface area contributed by atoms with Crippen LogP contribution in [0.4, 0.5) is 0 Å². The van der Waals surface area contributed by atoms with E-state index < -0.39 is 0 Å². The van der Waals surface area contributed by atoms with Gasteiger partial charge in [0.2, 0.25) is 4.96 Å². The van der Waals surface area contributed by atoms with Crippen molar-refractivity contribution in [3.63, 3.8) is 0 Å². The van der Waals surface area contributed by atoms with Crippen LogP contribution in [0.25, 0.3) is 4.96 Å². The van der Waals surface area contributed by atoms with Gasteiger partial charge in [0.15, 0.2) is 5.69 Å². The first-order chi connectivity index (χ1) is 12.5. The summed E-state index contributed by atoms with van der Waals surface area (Å²) in [5.74, 6) is 0.802. The van der Waals surface area contributed by atoms with E-state index in [0.29, 0.717) is 23.8 Å². The molecule has 1 saturated heterocycles. The lowest BCUT2D eigenvalue weighted by atomic mass is 10.1. The highest BCUT2D eigenvalue weighted by molar-refractivity contribution is 7.16. The summed E-state index contributed by atoms with van der Waals surface area (Å²) >= 11 is 7.40. The van der Waals surface area contributed by atoms with Crippen molar-refractivity contribution >= 4 is 33.8 Å². The Labute approximate surface area is 160 Å². The highest BCUT2D eigenvalue weighted by Crippen LogP contribution is 2.24. The number of aryl methyl sites for hydroxylation is 2. The lowest BCUT2D eigenvalue weighted by molar-refractivity contribution is 0.0587. The zero-order valence-corrected chi connectivity index (χ0v) is 16.2. The molecule has 0 N–H and O–H groups in total. The fourth-order valence-electron chi connectivity index (χ4n) is 3.22. The van der Waals surface area contributed by atoms with Crippen LogP contribution in [0, 0.1) is 13.8 Å². The van der Waals surface area contributed by atoms with Gasteiger partial charge in [0.1, 0.15) is 16.9 Å². The van der Waals surface area contributed by atoms with Crippen LogP contribution in [-0.2, 0) is 0 Å². The molecule has 0 saturated carbocycles. The molecule has 1 aliphatic rings. The molecule has 1 aromatic carbocycles. The van der Waals surface area contributed by atoms with Crippen molar-refractivity contribution in [2.24, 2.45) is 0 Å². The summed E-state index contributed by atoms with van der Waals surface area (Å²) in [6.07, 6.45) is 1.70. The molecule has 8 heteroatoms. The first kappa shape index (κ1) is 17.3. The number of benzene rings is 1. The molecule has 136 valence electrons. The lowest BCUT2D eigenvalue weighted by Crippen LogP contribution is -2.42. The maximum atomic E-state index is 13.0. The summed E-state index contributed by atoms with van der Waals surface area (Å²) in [6.45, 7) is 5.10. The van der Waals surface area contributed by atoms with Crippen molar-refractivity contribution < 1.29 is 9.53 Å². The van der Waals surface area contributed by atoms with E-state index in [4.69, 9.17) is 16.3 Å². The molecule has 0 atom stereocenters. The van der Waals surface area contributed by atoms with E-state index in [1.54, 1.807) is 4.52 Å². The van der Waals surface area contributed by atoms with Crippen LogP contribution in [0.3, 0.4) is 0 Å². The van der Waals surface area contributed by atoms with Gasteiger partial charge in [-0.05, 0) is 38.1 Å². The highest BCUT2D eigenvalue weighted by atomic mass is 35.5. The van der Waals surface area contributed by atoms with Crippen LogP contribution in [0.5, 0.6) is 5.75 Å². The fourth-order valence-corrected chi connectivity index (χ4v) is 4.14. The minimum Gasteiger partial charge on any atom is -0.490 e. The van der Waals surface area contributed by atoms with Crippen LogP contribution < -0.4 is 4.74 Å². The van der Waals surface area contributed by atoms with Gasteiger partial charge in [0.25, 0.3) is 5.91 Å². The van der Waals surface area contributed by atoms with E-state index in [-0.39, 0.29) is 12.0 Å². The maximum absolute atomic E-state index is 13.0. The number of aromatic nitrogens is 3. The van der Waals surface area contributed by atoms with E-state index in [0.717, 1.165) is 34.3 Å². The van der Waals surface area contributed by atoms with Crippen LogP contribution in [0.1, 0.15) is 34.0 Å². The number of carbonyl (C=O) groups excluding carboxylic acids is 1. The van der Waals surface area contributed by atoms with Gasteiger partial charge < -0.3 is 9.64 Å². The molecule has 0 aliphatic carbocycles. The van der Waals surface area contributed by atoms with Gasteiger partial charge in [-0.15, -0.1) is 0 Å². The second kappa shape index (κ2) is 6.89.